The number of hydrogen-bond acceptors (Lipinski definition) is 5. The summed E-state index contributed by atoms with van der Waals surface area (Å²) in [5.74, 6) is 2.46. The number of rotatable bonds is 7. The van der Waals surface area contributed by atoms with E-state index in [0.29, 0.717) is 22.1 Å². The third kappa shape index (κ3) is 5.31. The molecule has 2 amide bonds. The molecule has 0 bridgehead atoms. The molecule has 8 heteroatoms. The van der Waals surface area contributed by atoms with E-state index in [1.165, 1.54) is 24.3 Å². The van der Waals surface area contributed by atoms with Crippen molar-refractivity contribution in [1.29, 1.82) is 0 Å². The molecule has 0 aromatic heterocycles. The van der Waals surface area contributed by atoms with E-state index in [1.54, 1.807) is 24.3 Å². The van der Waals surface area contributed by atoms with Crippen molar-refractivity contribution >= 4 is 40.6 Å². The van der Waals surface area contributed by atoms with Crippen LogP contribution in [0, 0.1) is 18.2 Å². The fourth-order valence-corrected chi connectivity index (χ4v) is 3.58. The second-order valence-corrected chi connectivity index (χ2v) is 7.22. The Balaban J connectivity index is 1.62. The van der Waals surface area contributed by atoms with Crippen LogP contribution in [0.5, 0.6) is 11.5 Å². The molecule has 1 aliphatic heterocycles. The molecule has 1 fully saturated rings. The van der Waals surface area contributed by atoms with Gasteiger partial charge in [-0.2, -0.15) is 0 Å². The standard InChI is InChI=1S/C21H15ClFNO4S/c1-2-10-28-18-8-3-14(12-17(18)22)13-19-20(25)24(21(26)29-19)9-11-27-16-6-4-15(23)5-7-16/h1,3-8,12-13H,9-11H2/b19-13-. The van der Waals surface area contributed by atoms with Crippen LogP contribution in [0.25, 0.3) is 6.08 Å². The van der Waals surface area contributed by atoms with Gasteiger partial charge in [0.15, 0.2) is 0 Å². The SMILES string of the molecule is C#CCOc1ccc(/C=C2\SC(=O)N(CCOc3ccc(F)cc3)C2=O)cc1Cl. The highest BCUT2D eigenvalue weighted by Gasteiger charge is 2.34. The number of carbonyl (C=O) groups excluding carboxylic acids is 2. The van der Waals surface area contributed by atoms with Gasteiger partial charge in [-0.1, -0.05) is 23.6 Å². The maximum absolute atomic E-state index is 12.9. The molecule has 29 heavy (non-hydrogen) atoms. The number of nitrogens with zero attached hydrogens (tertiary/aromatic N) is 1. The Kier molecular flexibility index (Phi) is 6.81. The molecular formula is C21H15ClFNO4S. The van der Waals surface area contributed by atoms with Gasteiger partial charge < -0.3 is 9.47 Å². The third-order valence-electron chi connectivity index (χ3n) is 3.84. The average molecular weight is 432 g/mol. The van der Waals surface area contributed by atoms with Crippen LogP contribution in [0.15, 0.2) is 47.4 Å². The fourth-order valence-electron chi connectivity index (χ4n) is 2.47. The van der Waals surface area contributed by atoms with Crippen molar-refractivity contribution in [3.63, 3.8) is 0 Å². The molecule has 0 atom stereocenters. The van der Waals surface area contributed by atoms with Gasteiger partial charge in [0, 0.05) is 0 Å². The molecule has 1 aliphatic rings. The largest absolute Gasteiger partial charge is 0.492 e. The lowest BCUT2D eigenvalue weighted by atomic mass is 10.2. The van der Waals surface area contributed by atoms with Crippen molar-refractivity contribution in [2.75, 3.05) is 19.8 Å². The van der Waals surface area contributed by atoms with E-state index in [0.717, 1.165) is 16.7 Å². The molecule has 3 rings (SSSR count). The molecule has 0 saturated carbocycles. The molecule has 0 radical (unpaired) electrons. The number of hydrogen-bond donors (Lipinski definition) is 0. The van der Waals surface area contributed by atoms with Gasteiger partial charge in [-0.15, -0.1) is 6.42 Å². The van der Waals surface area contributed by atoms with Crippen molar-refractivity contribution in [2.24, 2.45) is 0 Å². The van der Waals surface area contributed by atoms with Crippen molar-refractivity contribution in [3.05, 3.63) is 63.8 Å². The van der Waals surface area contributed by atoms with E-state index in [9.17, 15) is 14.0 Å². The Morgan fingerprint density at radius 2 is 1.93 bits per heavy atom. The second-order valence-electron chi connectivity index (χ2n) is 5.82. The summed E-state index contributed by atoms with van der Waals surface area (Å²) in [5, 5.41) is -0.0371. The number of halogens is 2. The summed E-state index contributed by atoms with van der Waals surface area (Å²) in [6.07, 6.45) is 6.74. The quantitative estimate of drug-likeness (QED) is 0.473. The Hall–Kier alpha value is -2.95. The van der Waals surface area contributed by atoms with Gasteiger partial charge in [-0.05, 0) is 59.8 Å². The zero-order valence-electron chi connectivity index (χ0n) is 15.1. The van der Waals surface area contributed by atoms with E-state index in [2.05, 4.69) is 5.92 Å². The molecule has 148 valence electrons. The Bertz CT molecular complexity index is 1000. The zero-order valence-corrected chi connectivity index (χ0v) is 16.6. The Morgan fingerprint density at radius 3 is 2.62 bits per heavy atom. The lowest BCUT2D eigenvalue weighted by Crippen LogP contribution is -2.32. The van der Waals surface area contributed by atoms with E-state index in [4.69, 9.17) is 27.5 Å². The van der Waals surface area contributed by atoms with Gasteiger partial charge >= 0.3 is 0 Å². The average Bonchev–Trinajstić information content (AvgIpc) is 2.96. The van der Waals surface area contributed by atoms with E-state index >= 15 is 0 Å². The zero-order chi connectivity index (χ0) is 20.8. The van der Waals surface area contributed by atoms with E-state index in [-0.39, 0.29) is 35.7 Å². The van der Waals surface area contributed by atoms with Crippen LogP contribution in [0.4, 0.5) is 9.18 Å². The van der Waals surface area contributed by atoms with Gasteiger partial charge in [-0.3, -0.25) is 14.5 Å². The number of carbonyl (C=O) groups is 2. The summed E-state index contributed by atoms with van der Waals surface area (Å²) in [6, 6.07) is 10.5. The topological polar surface area (TPSA) is 55.8 Å². The molecule has 0 unspecified atom stereocenters. The van der Waals surface area contributed by atoms with Crippen LogP contribution in [-0.4, -0.2) is 35.8 Å². The summed E-state index contributed by atoms with van der Waals surface area (Å²) < 4.78 is 23.6. The maximum Gasteiger partial charge on any atom is 0.293 e. The van der Waals surface area contributed by atoms with Crippen LogP contribution < -0.4 is 9.47 Å². The first kappa shape index (κ1) is 20.8. The summed E-state index contributed by atoms with van der Waals surface area (Å²) in [4.78, 5) is 26.1. The highest BCUT2D eigenvalue weighted by Crippen LogP contribution is 2.33. The minimum absolute atomic E-state index is 0.0823. The third-order valence-corrected chi connectivity index (χ3v) is 5.04. The van der Waals surface area contributed by atoms with E-state index in [1.807, 2.05) is 0 Å². The predicted molar refractivity (Wildman–Crippen MR) is 110 cm³/mol. The number of terminal acetylenes is 1. The van der Waals surface area contributed by atoms with Gasteiger partial charge in [0.05, 0.1) is 16.5 Å². The normalized spacial score (nSPS) is 14.9. The van der Waals surface area contributed by atoms with Crippen LogP contribution >= 0.6 is 23.4 Å². The Morgan fingerprint density at radius 1 is 1.17 bits per heavy atom. The molecule has 1 saturated heterocycles. The van der Waals surface area contributed by atoms with Crippen molar-refractivity contribution in [3.8, 4) is 23.8 Å². The van der Waals surface area contributed by atoms with E-state index < -0.39 is 5.91 Å². The Labute approximate surface area is 176 Å². The molecule has 2 aromatic carbocycles. The lowest BCUT2D eigenvalue weighted by molar-refractivity contribution is -0.123. The van der Waals surface area contributed by atoms with Crippen LogP contribution in [-0.2, 0) is 4.79 Å². The minimum Gasteiger partial charge on any atom is -0.492 e. The van der Waals surface area contributed by atoms with Gasteiger partial charge in [0.1, 0.15) is 30.5 Å². The summed E-state index contributed by atoms with van der Waals surface area (Å²) in [7, 11) is 0. The van der Waals surface area contributed by atoms with Crippen LogP contribution in [0.3, 0.4) is 0 Å². The highest BCUT2D eigenvalue weighted by atomic mass is 35.5. The van der Waals surface area contributed by atoms with Crippen molar-refractivity contribution < 1.29 is 23.5 Å². The fraction of sp³-hybridized carbons (Fsp3) is 0.143. The molecule has 1 heterocycles. The van der Waals surface area contributed by atoms with Crippen molar-refractivity contribution in [2.45, 2.75) is 0 Å². The van der Waals surface area contributed by atoms with Crippen LogP contribution in [0.2, 0.25) is 5.02 Å². The number of benzene rings is 2. The summed E-state index contributed by atoms with van der Waals surface area (Å²) >= 11 is 6.99. The van der Waals surface area contributed by atoms with Crippen LogP contribution in [0.1, 0.15) is 5.56 Å². The summed E-state index contributed by atoms with van der Waals surface area (Å²) in [6.45, 7) is 0.279. The first-order valence-electron chi connectivity index (χ1n) is 8.47. The van der Waals surface area contributed by atoms with Gasteiger partial charge in [0.2, 0.25) is 0 Å². The van der Waals surface area contributed by atoms with Gasteiger partial charge in [0.25, 0.3) is 11.1 Å². The molecule has 0 aliphatic carbocycles. The van der Waals surface area contributed by atoms with Gasteiger partial charge in [-0.25, -0.2) is 4.39 Å². The predicted octanol–water partition coefficient (Wildman–Crippen LogP) is 4.61. The molecule has 2 aromatic rings. The summed E-state index contributed by atoms with van der Waals surface area (Å²) in [5.41, 5.74) is 0.649. The second kappa shape index (κ2) is 9.50. The number of ether oxygens (including phenoxy) is 2. The number of thioether (sulfide) groups is 1. The van der Waals surface area contributed by atoms with Crippen molar-refractivity contribution in [1.82, 2.24) is 4.90 Å². The molecule has 0 N–H and O–H groups in total. The molecule has 5 nitrogen and oxygen atoms in total. The highest BCUT2D eigenvalue weighted by molar-refractivity contribution is 8.18. The first-order valence-corrected chi connectivity index (χ1v) is 9.67. The molecular weight excluding hydrogens is 417 g/mol. The first-order chi connectivity index (χ1) is 14.0. The smallest absolute Gasteiger partial charge is 0.293 e. The molecule has 0 spiro atoms. The minimum atomic E-state index is -0.411. The number of amides is 2. The number of imide groups is 1. The monoisotopic (exact) mass is 431 g/mol. The lowest BCUT2D eigenvalue weighted by Gasteiger charge is -2.13. The maximum atomic E-state index is 12.9.